The molecule has 1 aromatic heterocycles. The average molecular weight is 404 g/mol. The number of nitrogens with zero attached hydrogens (tertiary/aromatic N) is 3. The number of aliphatic imine (C=N–C) groups is 1. The maximum atomic E-state index is 15.0. The molecule has 29 heavy (non-hydrogen) atoms. The van der Waals surface area contributed by atoms with Crippen LogP contribution < -0.4 is 10.5 Å². The van der Waals surface area contributed by atoms with Crippen molar-refractivity contribution in [1.29, 1.82) is 0 Å². The molecule has 0 aliphatic carbocycles. The van der Waals surface area contributed by atoms with E-state index in [1.807, 2.05) is 13.8 Å². The molecule has 1 fully saturated rings. The summed E-state index contributed by atoms with van der Waals surface area (Å²) in [5.41, 5.74) is 5.36. The molecule has 0 bridgehead atoms. The number of aromatic nitrogens is 1. The van der Waals surface area contributed by atoms with Gasteiger partial charge in [0, 0.05) is 25.9 Å². The second kappa shape index (κ2) is 8.32. The van der Waals surface area contributed by atoms with E-state index in [1.165, 1.54) is 36.5 Å². The van der Waals surface area contributed by atoms with Crippen molar-refractivity contribution in [3.63, 3.8) is 0 Å². The van der Waals surface area contributed by atoms with E-state index in [-0.39, 0.29) is 41.8 Å². The Morgan fingerprint density at radius 1 is 1.28 bits per heavy atom. The number of guanidine groups is 1. The Balaban J connectivity index is 2.08. The van der Waals surface area contributed by atoms with Gasteiger partial charge in [0.2, 0.25) is 0 Å². The van der Waals surface area contributed by atoms with Crippen LogP contribution >= 0.6 is 0 Å². The van der Waals surface area contributed by atoms with Gasteiger partial charge in [-0.3, -0.25) is 0 Å². The molecule has 1 aliphatic heterocycles. The molecular weight excluding hydrogens is 378 g/mol. The van der Waals surface area contributed by atoms with E-state index < -0.39 is 17.2 Å². The predicted molar refractivity (Wildman–Crippen MR) is 107 cm³/mol. The fraction of sp³-hybridized carbons (Fsp3) is 0.429. The van der Waals surface area contributed by atoms with Crippen molar-refractivity contribution in [2.45, 2.75) is 31.9 Å². The molecular formula is C21H26F2N4O2. The summed E-state index contributed by atoms with van der Waals surface area (Å²) < 4.78 is 40.4. The molecule has 2 aromatic rings. The summed E-state index contributed by atoms with van der Waals surface area (Å²) >= 11 is 0. The summed E-state index contributed by atoms with van der Waals surface area (Å²) in [6.07, 6.45) is 2.13. The minimum atomic E-state index is -1.03. The molecule has 1 saturated heterocycles. The molecule has 3 rings (SSSR count). The molecule has 156 valence electrons. The highest BCUT2D eigenvalue weighted by Crippen LogP contribution is 2.43. The Bertz CT molecular complexity index is 906. The zero-order valence-electron chi connectivity index (χ0n) is 17.0. The van der Waals surface area contributed by atoms with E-state index in [4.69, 9.17) is 15.2 Å². The third kappa shape index (κ3) is 4.32. The van der Waals surface area contributed by atoms with Crippen LogP contribution in [0.2, 0.25) is 0 Å². The van der Waals surface area contributed by atoms with Crippen molar-refractivity contribution in [2.24, 2.45) is 16.6 Å². The summed E-state index contributed by atoms with van der Waals surface area (Å²) in [5, 5.41) is 0. The molecule has 8 heteroatoms. The van der Waals surface area contributed by atoms with Gasteiger partial charge in [0.1, 0.15) is 17.1 Å². The second-order valence-corrected chi connectivity index (χ2v) is 7.58. The van der Waals surface area contributed by atoms with Crippen molar-refractivity contribution in [3.05, 3.63) is 53.7 Å². The number of hydrogen-bond acceptors (Lipinski definition) is 4. The Labute approximate surface area is 169 Å². The predicted octanol–water partition coefficient (Wildman–Crippen LogP) is 3.67. The standard InChI is InChI=1S/C21H26F2N4O2/c1-13-10-14(2)28-12-21(13,26-20(24)27(3)4)16-11-15(7-8-17(16)22)29-19-18(23)6-5-9-25-19/h5-9,11,13-14H,10,12H2,1-4H3,(H2,24,26)/t13-,14+,21+/m1/s1. The van der Waals surface area contributed by atoms with Crippen molar-refractivity contribution >= 4 is 5.96 Å². The molecule has 0 unspecified atom stereocenters. The summed E-state index contributed by atoms with van der Waals surface area (Å²) in [7, 11) is 3.53. The first-order valence-electron chi connectivity index (χ1n) is 9.45. The van der Waals surface area contributed by atoms with Gasteiger partial charge in [-0.25, -0.2) is 18.8 Å². The van der Waals surface area contributed by atoms with E-state index in [1.54, 1.807) is 19.0 Å². The first-order valence-corrected chi connectivity index (χ1v) is 9.45. The summed E-state index contributed by atoms with van der Waals surface area (Å²) in [4.78, 5) is 10.2. The third-order valence-corrected chi connectivity index (χ3v) is 5.20. The lowest BCUT2D eigenvalue weighted by Crippen LogP contribution is -2.47. The highest BCUT2D eigenvalue weighted by atomic mass is 19.1. The Morgan fingerprint density at radius 2 is 2.03 bits per heavy atom. The first-order chi connectivity index (χ1) is 13.7. The minimum Gasteiger partial charge on any atom is -0.436 e. The third-order valence-electron chi connectivity index (χ3n) is 5.20. The van der Waals surface area contributed by atoms with Gasteiger partial charge in [-0.05, 0) is 49.6 Å². The Morgan fingerprint density at radius 3 is 2.69 bits per heavy atom. The number of ether oxygens (including phenoxy) is 2. The topological polar surface area (TPSA) is 73.0 Å². The monoisotopic (exact) mass is 404 g/mol. The summed E-state index contributed by atoms with van der Waals surface area (Å²) in [6, 6.07) is 6.94. The minimum absolute atomic E-state index is 0.0269. The van der Waals surface area contributed by atoms with Crippen molar-refractivity contribution in [2.75, 3.05) is 20.7 Å². The number of nitrogens with two attached hydrogens (primary N) is 1. The molecule has 0 saturated carbocycles. The number of rotatable bonds is 4. The fourth-order valence-electron chi connectivity index (χ4n) is 3.48. The van der Waals surface area contributed by atoms with Gasteiger partial charge in [-0.1, -0.05) is 6.92 Å². The number of halogens is 2. The lowest BCUT2D eigenvalue weighted by Gasteiger charge is -2.42. The van der Waals surface area contributed by atoms with Gasteiger partial charge >= 0.3 is 0 Å². The van der Waals surface area contributed by atoms with Crippen LogP contribution in [-0.4, -0.2) is 42.6 Å². The molecule has 0 spiro atoms. The molecule has 1 aromatic carbocycles. The molecule has 0 radical (unpaired) electrons. The highest BCUT2D eigenvalue weighted by Gasteiger charge is 2.45. The molecule has 3 atom stereocenters. The van der Waals surface area contributed by atoms with Crippen LogP contribution in [0.25, 0.3) is 0 Å². The summed E-state index contributed by atoms with van der Waals surface area (Å²) in [5.74, 6) is -0.789. The van der Waals surface area contributed by atoms with Crippen molar-refractivity contribution < 1.29 is 18.3 Å². The SMILES string of the molecule is C[C@@H]1C[C@H](C)OC[C@@]1(N=C(N)N(C)C)c1cc(Oc2ncccc2F)ccc1F. The van der Waals surface area contributed by atoms with Crippen LogP contribution in [0.15, 0.2) is 41.5 Å². The largest absolute Gasteiger partial charge is 0.436 e. The smallest absolute Gasteiger partial charge is 0.255 e. The average Bonchev–Trinajstić information content (AvgIpc) is 2.67. The second-order valence-electron chi connectivity index (χ2n) is 7.58. The quantitative estimate of drug-likeness (QED) is 0.622. The highest BCUT2D eigenvalue weighted by molar-refractivity contribution is 5.78. The van der Waals surface area contributed by atoms with E-state index in [2.05, 4.69) is 9.98 Å². The normalized spacial score (nSPS) is 25.0. The van der Waals surface area contributed by atoms with Gasteiger partial charge in [-0.2, -0.15) is 0 Å². The zero-order chi connectivity index (χ0) is 21.2. The fourth-order valence-corrected chi connectivity index (χ4v) is 3.48. The Hall–Kier alpha value is -2.74. The van der Waals surface area contributed by atoms with Gasteiger partial charge in [0.25, 0.3) is 5.88 Å². The molecule has 0 amide bonds. The molecule has 6 nitrogen and oxygen atoms in total. The maximum Gasteiger partial charge on any atom is 0.255 e. The molecule has 2 N–H and O–H groups in total. The summed E-state index contributed by atoms with van der Waals surface area (Å²) in [6.45, 7) is 4.14. The van der Waals surface area contributed by atoms with Crippen LogP contribution in [0.5, 0.6) is 11.6 Å². The zero-order valence-corrected chi connectivity index (χ0v) is 17.0. The van der Waals surface area contributed by atoms with Crippen LogP contribution in [0.4, 0.5) is 8.78 Å². The number of hydrogen-bond donors (Lipinski definition) is 1. The van der Waals surface area contributed by atoms with E-state index >= 15 is 4.39 Å². The molecule has 2 heterocycles. The van der Waals surface area contributed by atoms with Gasteiger partial charge < -0.3 is 20.1 Å². The van der Waals surface area contributed by atoms with Crippen LogP contribution in [0.3, 0.4) is 0 Å². The lowest BCUT2D eigenvalue weighted by molar-refractivity contribution is -0.0489. The van der Waals surface area contributed by atoms with Crippen molar-refractivity contribution in [1.82, 2.24) is 9.88 Å². The van der Waals surface area contributed by atoms with Gasteiger partial charge in [0.15, 0.2) is 11.8 Å². The van der Waals surface area contributed by atoms with Crippen molar-refractivity contribution in [3.8, 4) is 11.6 Å². The van der Waals surface area contributed by atoms with E-state index in [0.717, 1.165) is 0 Å². The Kier molecular flexibility index (Phi) is 6.02. The molecule has 1 aliphatic rings. The van der Waals surface area contributed by atoms with Gasteiger partial charge in [-0.15, -0.1) is 0 Å². The van der Waals surface area contributed by atoms with Crippen LogP contribution in [0.1, 0.15) is 25.8 Å². The first kappa shape index (κ1) is 21.0. The van der Waals surface area contributed by atoms with E-state index in [9.17, 15) is 4.39 Å². The lowest BCUT2D eigenvalue weighted by atomic mass is 9.75. The number of benzene rings is 1. The van der Waals surface area contributed by atoms with Gasteiger partial charge in [0.05, 0.1) is 12.7 Å². The van der Waals surface area contributed by atoms with E-state index in [0.29, 0.717) is 6.42 Å². The van der Waals surface area contributed by atoms with Crippen LogP contribution in [-0.2, 0) is 10.3 Å². The maximum absolute atomic E-state index is 15.0. The number of pyridine rings is 1. The van der Waals surface area contributed by atoms with Crippen LogP contribution in [0, 0.1) is 17.6 Å².